The zero-order valence-corrected chi connectivity index (χ0v) is 12.4. The van der Waals surface area contributed by atoms with Crippen LogP contribution in [0.4, 0.5) is 4.79 Å². The molecule has 2 N–H and O–H groups in total. The number of hydrogen-bond acceptors (Lipinski definition) is 1. The largest absolute Gasteiger partial charge is 0.338 e. The van der Waals surface area contributed by atoms with Gasteiger partial charge in [0.25, 0.3) is 0 Å². The number of amides is 2. The Kier molecular flexibility index (Phi) is 13.8. The zero-order valence-electron chi connectivity index (χ0n) is 12.4. The van der Waals surface area contributed by atoms with E-state index in [1.165, 1.54) is 51.4 Å². The molecule has 0 aromatic carbocycles. The fraction of sp³-hybridized carbons (Fsp3) is 0.933. The van der Waals surface area contributed by atoms with E-state index in [9.17, 15) is 4.79 Å². The lowest BCUT2D eigenvalue weighted by Crippen LogP contribution is -2.36. The molecular formula is C15H32N2O. The summed E-state index contributed by atoms with van der Waals surface area (Å²) in [4.78, 5) is 11.4. The van der Waals surface area contributed by atoms with Crippen LogP contribution in [0, 0.1) is 0 Å². The molecule has 0 aliphatic carbocycles. The fourth-order valence-electron chi connectivity index (χ4n) is 1.92. The molecule has 3 nitrogen and oxygen atoms in total. The highest BCUT2D eigenvalue weighted by molar-refractivity contribution is 5.73. The van der Waals surface area contributed by atoms with E-state index in [4.69, 9.17) is 0 Å². The summed E-state index contributed by atoms with van der Waals surface area (Å²) >= 11 is 0. The van der Waals surface area contributed by atoms with Gasteiger partial charge in [-0.05, 0) is 12.8 Å². The van der Waals surface area contributed by atoms with Crippen molar-refractivity contribution in [2.45, 2.75) is 78.1 Å². The molecule has 0 radical (unpaired) electrons. The standard InChI is InChI=1S/C15H32N2O/c1-3-5-7-8-9-10-12-14-17-15(18)16-13-11-6-4-2/h3-14H2,1-2H3,(H2,16,17,18). The first kappa shape index (κ1) is 17.3. The molecule has 0 atom stereocenters. The van der Waals surface area contributed by atoms with Crippen LogP contribution in [0.25, 0.3) is 0 Å². The second kappa shape index (κ2) is 14.3. The molecule has 0 aliphatic heterocycles. The van der Waals surface area contributed by atoms with Crippen LogP contribution in [0.3, 0.4) is 0 Å². The van der Waals surface area contributed by atoms with Crippen LogP contribution >= 0.6 is 0 Å². The molecule has 0 aromatic rings. The van der Waals surface area contributed by atoms with Crippen LogP contribution in [0.15, 0.2) is 0 Å². The van der Waals surface area contributed by atoms with E-state index >= 15 is 0 Å². The average molecular weight is 256 g/mol. The Labute approximate surface area is 113 Å². The van der Waals surface area contributed by atoms with Crippen molar-refractivity contribution in [2.75, 3.05) is 13.1 Å². The van der Waals surface area contributed by atoms with Crippen molar-refractivity contribution in [2.24, 2.45) is 0 Å². The molecule has 0 rings (SSSR count). The minimum atomic E-state index is -0.00270. The Balaban J connectivity index is 3.10. The van der Waals surface area contributed by atoms with Gasteiger partial charge in [0.2, 0.25) is 0 Å². The van der Waals surface area contributed by atoms with E-state index in [1.54, 1.807) is 0 Å². The molecule has 0 heterocycles. The van der Waals surface area contributed by atoms with Crippen LogP contribution in [0.1, 0.15) is 78.1 Å². The second-order valence-corrected chi connectivity index (χ2v) is 5.01. The van der Waals surface area contributed by atoms with Gasteiger partial charge >= 0.3 is 6.03 Å². The quantitative estimate of drug-likeness (QED) is 0.504. The zero-order chi connectivity index (χ0) is 13.5. The maximum Gasteiger partial charge on any atom is 0.314 e. The Hall–Kier alpha value is -0.730. The highest BCUT2D eigenvalue weighted by atomic mass is 16.2. The summed E-state index contributed by atoms with van der Waals surface area (Å²) in [6.07, 6.45) is 12.5. The molecule has 3 heteroatoms. The third-order valence-electron chi connectivity index (χ3n) is 3.13. The van der Waals surface area contributed by atoms with Crippen molar-refractivity contribution in [1.82, 2.24) is 10.6 Å². The summed E-state index contributed by atoms with van der Waals surface area (Å²) in [5, 5.41) is 5.80. The lowest BCUT2D eigenvalue weighted by molar-refractivity contribution is 0.240. The number of unbranched alkanes of at least 4 members (excludes halogenated alkanes) is 8. The van der Waals surface area contributed by atoms with Crippen LogP contribution in [0.5, 0.6) is 0 Å². The van der Waals surface area contributed by atoms with E-state index in [0.29, 0.717) is 0 Å². The third-order valence-corrected chi connectivity index (χ3v) is 3.13. The summed E-state index contributed by atoms with van der Waals surface area (Å²) in [5.41, 5.74) is 0. The summed E-state index contributed by atoms with van der Waals surface area (Å²) < 4.78 is 0. The SMILES string of the molecule is CCCCCCCCCNC(=O)NCCCCC. The molecular weight excluding hydrogens is 224 g/mol. The molecule has 0 aliphatic rings. The van der Waals surface area contributed by atoms with Crippen molar-refractivity contribution < 1.29 is 4.79 Å². The van der Waals surface area contributed by atoms with Gasteiger partial charge < -0.3 is 10.6 Å². The van der Waals surface area contributed by atoms with E-state index < -0.39 is 0 Å². The molecule has 2 amide bonds. The van der Waals surface area contributed by atoms with Crippen LogP contribution in [-0.4, -0.2) is 19.1 Å². The smallest absolute Gasteiger partial charge is 0.314 e. The first-order valence-electron chi connectivity index (χ1n) is 7.83. The minimum absolute atomic E-state index is 0.00270. The normalized spacial score (nSPS) is 10.3. The van der Waals surface area contributed by atoms with Crippen LogP contribution < -0.4 is 10.6 Å². The molecule has 0 bridgehead atoms. The van der Waals surface area contributed by atoms with Gasteiger partial charge in [0.05, 0.1) is 0 Å². The fourth-order valence-corrected chi connectivity index (χ4v) is 1.92. The van der Waals surface area contributed by atoms with E-state index in [0.717, 1.165) is 25.9 Å². The highest BCUT2D eigenvalue weighted by Crippen LogP contribution is 2.06. The van der Waals surface area contributed by atoms with Gasteiger partial charge in [-0.15, -0.1) is 0 Å². The predicted octanol–water partition coefficient (Wildman–Crippen LogP) is 4.23. The molecule has 0 unspecified atom stereocenters. The topological polar surface area (TPSA) is 41.1 Å². The van der Waals surface area contributed by atoms with Crippen molar-refractivity contribution in [3.63, 3.8) is 0 Å². The minimum Gasteiger partial charge on any atom is -0.338 e. The molecule has 0 fully saturated rings. The van der Waals surface area contributed by atoms with Gasteiger partial charge in [-0.3, -0.25) is 0 Å². The van der Waals surface area contributed by atoms with E-state index in [-0.39, 0.29) is 6.03 Å². The van der Waals surface area contributed by atoms with Crippen molar-refractivity contribution in [3.05, 3.63) is 0 Å². The van der Waals surface area contributed by atoms with Gasteiger partial charge in [-0.25, -0.2) is 4.79 Å². The number of urea groups is 1. The van der Waals surface area contributed by atoms with Crippen molar-refractivity contribution >= 4 is 6.03 Å². The molecule has 0 saturated heterocycles. The average Bonchev–Trinajstić information content (AvgIpc) is 2.38. The van der Waals surface area contributed by atoms with Crippen LogP contribution in [0.2, 0.25) is 0 Å². The van der Waals surface area contributed by atoms with Gasteiger partial charge in [-0.1, -0.05) is 65.2 Å². The Morgan fingerprint density at radius 2 is 1.06 bits per heavy atom. The maximum atomic E-state index is 11.4. The predicted molar refractivity (Wildman–Crippen MR) is 78.9 cm³/mol. The molecule has 0 saturated carbocycles. The first-order chi connectivity index (χ1) is 8.81. The summed E-state index contributed by atoms with van der Waals surface area (Å²) in [5.74, 6) is 0. The second-order valence-electron chi connectivity index (χ2n) is 5.01. The number of nitrogens with one attached hydrogen (secondary N) is 2. The lowest BCUT2D eigenvalue weighted by Gasteiger charge is -2.07. The molecule has 108 valence electrons. The number of hydrogen-bond donors (Lipinski definition) is 2. The van der Waals surface area contributed by atoms with E-state index in [1.807, 2.05) is 0 Å². The Bertz CT molecular complexity index is 183. The first-order valence-corrected chi connectivity index (χ1v) is 7.83. The summed E-state index contributed by atoms with van der Waals surface area (Å²) in [6, 6.07) is -0.00270. The van der Waals surface area contributed by atoms with E-state index in [2.05, 4.69) is 24.5 Å². The number of carbonyl (C=O) groups excluding carboxylic acids is 1. The molecule has 18 heavy (non-hydrogen) atoms. The maximum absolute atomic E-state index is 11.4. The van der Waals surface area contributed by atoms with Crippen LogP contribution in [-0.2, 0) is 0 Å². The number of carbonyl (C=O) groups is 1. The van der Waals surface area contributed by atoms with Gasteiger partial charge in [0.15, 0.2) is 0 Å². The number of rotatable bonds is 12. The Morgan fingerprint density at radius 1 is 0.667 bits per heavy atom. The van der Waals surface area contributed by atoms with Crippen molar-refractivity contribution in [3.8, 4) is 0 Å². The molecule has 0 spiro atoms. The van der Waals surface area contributed by atoms with Gasteiger partial charge in [0, 0.05) is 13.1 Å². The molecule has 0 aromatic heterocycles. The van der Waals surface area contributed by atoms with Gasteiger partial charge in [0.1, 0.15) is 0 Å². The monoisotopic (exact) mass is 256 g/mol. The van der Waals surface area contributed by atoms with Gasteiger partial charge in [-0.2, -0.15) is 0 Å². The third kappa shape index (κ3) is 13.3. The van der Waals surface area contributed by atoms with Crippen molar-refractivity contribution in [1.29, 1.82) is 0 Å². The lowest BCUT2D eigenvalue weighted by atomic mass is 10.1. The summed E-state index contributed by atoms with van der Waals surface area (Å²) in [6.45, 7) is 6.02. The summed E-state index contributed by atoms with van der Waals surface area (Å²) in [7, 11) is 0. The Morgan fingerprint density at radius 3 is 1.61 bits per heavy atom. The highest BCUT2D eigenvalue weighted by Gasteiger charge is 1.97.